The van der Waals surface area contributed by atoms with Crippen LogP contribution in [0.2, 0.25) is 0 Å². The Morgan fingerprint density at radius 3 is 2.57 bits per heavy atom. The van der Waals surface area contributed by atoms with Gasteiger partial charge in [-0.05, 0) is 11.6 Å². The summed E-state index contributed by atoms with van der Waals surface area (Å²) in [7, 11) is 0. The molecule has 1 heterocycles. The molecule has 106 valence electrons. The minimum Gasteiger partial charge on any atom is -0.394 e. The third-order valence-electron chi connectivity index (χ3n) is 3.42. The van der Waals surface area contributed by atoms with E-state index in [4.69, 9.17) is 0 Å². The quantitative estimate of drug-likeness (QED) is 0.775. The van der Waals surface area contributed by atoms with Gasteiger partial charge in [-0.15, -0.1) is 11.3 Å². The van der Waals surface area contributed by atoms with Gasteiger partial charge >= 0.3 is 0 Å². The van der Waals surface area contributed by atoms with Gasteiger partial charge in [0.25, 0.3) is 5.91 Å². The van der Waals surface area contributed by atoms with E-state index in [1.807, 2.05) is 60.0 Å². The molecule has 0 radical (unpaired) electrons. The normalized spacial score (nSPS) is 12.2. The number of thiophene rings is 1. The van der Waals surface area contributed by atoms with E-state index >= 15 is 0 Å². The van der Waals surface area contributed by atoms with Crippen LogP contribution in [-0.4, -0.2) is 17.6 Å². The van der Waals surface area contributed by atoms with Crippen molar-refractivity contribution in [1.29, 1.82) is 0 Å². The summed E-state index contributed by atoms with van der Waals surface area (Å²) in [5.74, 6) is -0.157. The second kappa shape index (κ2) is 6.08. The number of aliphatic hydroxyl groups is 1. The first kappa shape index (κ1) is 13.8. The lowest BCUT2D eigenvalue weighted by molar-refractivity contribution is 0.0918. The predicted octanol–water partition coefficient (Wildman–Crippen LogP) is 3.36. The number of benzene rings is 2. The molecule has 0 unspecified atom stereocenters. The highest BCUT2D eigenvalue weighted by atomic mass is 32.1. The van der Waals surface area contributed by atoms with Gasteiger partial charge < -0.3 is 10.4 Å². The average Bonchev–Trinajstić information content (AvgIpc) is 2.97. The van der Waals surface area contributed by atoms with Crippen LogP contribution in [0.5, 0.6) is 0 Å². The number of carbonyl (C=O) groups is 1. The lowest BCUT2D eigenvalue weighted by Gasteiger charge is -2.16. The minimum atomic E-state index is -0.391. The molecule has 0 aliphatic heterocycles. The fourth-order valence-electron chi connectivity index (χ4n) is 2.31. The molecule has 2 N–H and O–H groups in total. The van der Waals surface area contributed by atoms with E-state index in [0.717, 1.165) is 15.6 Å². The molecule has 0 saturated carbocycles. The first-order chi connectivity index (χ1) is 10.3. The SMILES string of the molecule is O=C(N[C@@H](CO)c1ccccc1)c1csc2ccccc12. The molecule has 1 amide bonds. The van der Waals surface area contributed by atoms with Gasteiger partial charge in [0.1, 0.15) is 0 Å². The van der Waals surface area contributed by atoms with Crippen molar-refractivity contribution >= 4 is 27.3 Å². The van der Waals surface area contributed by atoms with Gasteiger partial charge in [-0.25, -0.2) is 0 Å². The molecule has 3 aromatic rings. The number of hydrogen-bond donors (Lipinski definition) is 2. The average molecular weight is 297 g/mol. The summed E-state index contributed by atoms with van der Waals surface area (Å²) in [6, 6.07) is 16.9. The lowest BCUT2D eigenvalue weighted by Crippen LogP contribution is -2.30. The number of aliphatic hydroxyl groups excluding tert-OH is 1. The number of fused-ring (bicyclic) bond motifs is 1. The summed E-state index contributed by atoms with van der Waals surface area (Å²) in [4.78, 5) is 12.4. The molecule has 1 atom stereocenters. The van der Waals surface area contributed by atoms with E-state index in [0.29, 0.717) is 5.56 Å². The van der Waals surface area contributed by atoms with Crippen LogP contribution >= 0.6 is 11.3 Å². The monoisotopic (exact) mass is 297 g/mol. The number of nitrogens with one attached hydrogen (secondary N) is 1. The molecule has 0 fully saturated rings. The maximum atomic E-state index is 12.4. The van der Waals surface area contributed by atoms with Gasteiger partial charge in [-0.2, -0.15) is 0 Å². The van der Waals surface area contributed by atoms with E-state index < -0.39 is 6.04 Å². The summed E-state index contributed by atoms with van der Waals surface area (Å²) >= 11 is 1.55. The Balaban J connectivity index is 1.85. The number of amides is 1. The van der Waals surface area contributed by atoms with E-state index in [2.05, 4.69) is 5.32 Å². The third kappa shape index (κ3) is 2.82. The van der Waals surface area contributed by atoms with Gasteiger partial charge in [0.2, 0.25) is 0 Å². The Kier molecular flexibility index (Phi) is 3.99. The molecule has 3 rings (SSSR count). The molecule has 0 aliphatic carbocycles. The molecular formula is C17H15NO2S. The maximum absolute atomic E-state index is 12.4. The molecule has 3 nitrogen and oxygen atoms in total. The van der Waals surface area contributed by atoms with Gasteiger partial charge in [0, 0.05) is 15.5 Å². The summed E-state index contributed by atoms with van der Waals surface area (Å²) in [5.41, 5.74) is 1.55. The zero-order valence-corrected chi connectivity index (χ0v) is 12.1. The third-order valence-corrected chi connectivity index (χ3v) is 4.38. The van der Waals surface area contributed by atoms with Gasteiger partial charge in [0.15, 0.2) is 0 Å². The predicted molar refractivity (Wildman–Crippen MR) is 85.6 cm³/mol. The maximum Gasteiger partial charge on any atom is 0.253 e. The highest BCUT2D eigenvalue weighted by molar-refractivity contribution is 7.17. The zero-order chi connectivity index (χ0) is 14.7. The van der Waals surface area contributed by atoms with Crippen LogP contribution in [0.25, 0.3) is 10.1 Å². The zero-order valence-electron chi connectivity index (χ0n) is 11.3. The van der Waals surface area contributed by atoms with Crippen molar-refractivity contribution in [2.24, 2.45) is 0 Å². The van der Waals surface area contributed by atoms with Crippen molar-refractivity contribution < 1.29 is 9.90 Å². The lowest BCUT2D eigenvalue weighted by atomic mass is 10.1. The first-order valence-electron chi connectivity index (χ1n) is 6.72. The molecule has 2 aromatic carbocycles. The Morgan fingerprint density at radius 2 is 1.81 bits per heavy atom. The Labute approximate surface area is 126 Å². The van der Waals surface area contributed by atoms with Crippen LogP contribution < -0.4 is 5.32 Å². The van der Waals surface area contributed by atoms with Crippen LogP contribution in [0.1, 0.15) is 22.0 Å². The van der Waals surface area contributed by atoms with Crippen LogP contribution in [0.15, 0.2) is 60.0 Å². The first-order valence-corrected chi connectivity index (χ1v) is 7.60. The Morgan fingerprint density at radius 1 is 1.10 bits per heavy atom. The van der Waals surface area contributed by atoms with Crippen LogP contribution in [-0.2, 0) is 0 Å². The van der Waals surface area contributed by atoms with Crippen molar-refractivity contribution in [3.8, 4) is 0 Å². The second-order valence-electron chi connectivity index (χ2n) is 4.76. The molecule has 0 spiro atoms. The van der Waals surface area contributed by atoms with Crippen molar-refractivity contribution in [1.82, 2.24) is 5.32 Å². The molecule has 1 aromatic heterocycles. The van der Waals surface area contributed by atoms with Crippen molar-refractivity contribution in [2.75, 3.05) is 6.61 Å². The van der Waals surface area contributed by atoms with Crippen LogP contribution in [0.4, 0.5) is 0 Å². The van der Waals surface area contributed by atoms with Gasteiger partial charge in [0.05, 0.1) is 18.2 Å². The highest BCUT2D eigenvalue weighted by Gasteiger charge is 2.17. The molecule has 0 saturated heterocycles. The topological polar surface area (TPSA) is 49.3 Å². The van der Waals surface area contributed by atoms with Gasteiger partial charge in [-0.1, -0.05) is 48.5 Å². The largest absolute Gasteiger partial charge is 0.394 e. The number of hydrogen-bond acceptors (Lipinski definition) is 3. The van der Waals surface area contributed by atoms with E-state index in [1.165, 1.54) is 0 Å². The van der Waals surface area contributed by atoms with Crippen LogP contribution in [0, 0.1) is 0 Å². The fourth-order valence-corrected chi connectivity index (χ4v) is 3.25. The van der Waals surface area contributed by atoms with Crippen LogP contribution in [0.3, 0.4) is 0 Å². The molecule has 21 heavy (non-hydrogen) atoms. The Bertz CT molecular complexity index is 752. The van der Waals surface area contributed by atoms with Crippen molar-refractivity contribution in [3.63, 3.8) is 0 Å². The summed E-state index contributed by atoms with van der Waals surface area (Å²) in [5, 5.41) is 15.2. The van der Waals surface area contributed by atoms with Gasteiger partial charge in [-0.3, -0.25) is 4.79 Å². The summed E-state index contributed by atoms with van der Waals surface area (Å²) in [6.45, 7) is -0.127. The van der Waals surface area contributed by atoms with E-state index in [-0.39, 0.29) is 12.5 Å². The van der Waals surface area contributed by atoms with Crippen molar-refractivity contribution in [2.45, 2.75) is 6.04 Å². The standard InChI is InChI=1S/C17H15NO2S/c19-10-15(12-6-2-1-3-7-12)18-17(20)14-11-21-16-9-5-4-8-13(14)16/h1-9,11,15,19H,10H2,(H,18,20)/t15-/m0/s1. The molecule has 0 bridgehead atoms. The highest BCUT2D eigenvalue weighted by Crippen LogP contribution is 2.26. The Hall–Kier alpha value is -2.17. The minimum absolute atomic E-state index is 0.127. The summed E-state index contributed by atoms with van der Waals surface area (Å²) in [6.07, 6.45) is 0. The molecule has 0 aliphatic rings. The number of carbonyl (C=O) groups excluding carboxylic acids is 1. The van der Waals surface area contributed by atoms with Crippen molar-refractivity contribution in [3.05, 3.63) is 71.1 Å². The van der Waals surface area contributed by atoms with E-state index in [1.54, 1.807) is 11.3 Å². The molecule has 4 heteroatoms. The fraction of sp³-hybridized carbons (Fsp3) is 0.118. The van der Waals surface area contributed by atoms with E-state index in [9.17, 15) is 9.90 Å². The summed E-state index contributed by atoms with van der Waals surface area (Å²) < 4.78 is 1.09. The molecular weight excluding hydrogens is 282 g/mol. The second-order valence-corrected chi connectivity index (χ2v) is 5.68. The number of rotatable bonds is 4. The smallest absolute Gasteiger partial charge is 0.253 e.